The van der Waals surface area contributed by atoms with Crippen LogP contribution < -0.4 is 4.90 Å². The molecule has 92 valence electrons. The van der Waals surface area contributed by atoms with Crippen molar-refractivity contribution in [3.8, 4) is 0 Å². The standard InChI is InChI=1S/C13H15Cl2NO/c1-2-17-11-5-7-16(8-6-11)13-4-3-10(14)9-12(13)15/h3-5,9H,2,6-8H2,1H3. The van der Waals surface area contributed by atoms with Gasteiger partial charge in [-0.25, -0.2) is 0 Å². The summed E-state index contributed by atoms with van der Waals surface area (Å²) in [5, 5.41) is 1.37. The maximum Gasteiger partial charge on any atom is 0.0955 e. The quantitative estimate of drug-likeness (QED) is 0.820. The van der Waals surface area contributed by atoms with Crippen molar-refractivity contribution in [3.63, 3.8) is 0 Å². The highest BCUT2D eigenvalue weighted by atomic mass is 35.5. The van der Waals surface area contributed by atoms with E-state index in [1.807, 2.05) is 19.1 Å². The Balaban J connectivity index is 2.10. The van der Waals surface area contributed by atoms with Crippen molar-refractivity contribution in [1.29, 1.82) is 0 Å². The van der Waals surface area contributed by atoms with Gasteiger partial charge in [0.15, 0.2) is 0 Å². The predicted octanol–water partition coefficient (Wildman–Crippen LogP) is 4.12. The van der Waals surface area contributed by atoms with Crippen LogP contribution in [0.1, 0.15) is 13.3 Å². The van der Waals surface area contributed by atoms with E-state index < -0.39 is 0 Å². The molecule has 0 aliphatic carbocycles. The highest BCUT2D eigenvalue weighted by Crippen LogP contribution is 2.30. The van der Waals surface area contributed by atoms with Crippen LogP contribution in [0.25, 0.3) is 0 Å². The van der Waals surface area contributed by atoms with Crippen LogP contribution in [-0.2, 0) is 4.74 Å². The van der Waals surface area contributed by atoms with Gasteiger partial charge < -0.3 is 9.64 Å². The molecule has 0 saturated carbocycles. The van der Waals surface area contributed by atoms with Gasteiger partial charge in [-0.15, -0.1) is 0 Å². The molecule has 0 unspecified atom stereocenters. The molecule has 17 heavy (non-hydrogen) atoms. The van der Waals surface area contributed by atoms with E-state index in [2.05, 4.69) is 11.0 Å². The van der Waals surface area contributed by atoms with Crippen LogP contribution in [0.3, 0.4) is 0 Å². The Morgan fingerprint density at radius 1 is 1.35 bits per heavy atom. The van der Waals surface area contributed by atoms with E-state index >= 15 is 0 Å². The van der Waals surface area contributed by atoms with Crippen LogP contribution in [0.5, 0.6) is 0 Å². The number of hydrogen-bond donors (Lipinski definition) is 0. The molecule has 1 aromatic carbocycles. The topological polar surface area (TPSA) is 12.5 Å². The van der Waals surface area contributed by atoms with Crippen LogP contribution in [0.2, 0.25) is 10.0 Å². The third-order valence-corrected chi connectivity index (χ3v) is 3.29. The zero-order valence-corrected chi connectivity index (χ0v) is 11.3. The zero-order chi connectivity index (χ0) is 12.3. The van der Waals surface area contributed by atoms with Gasteiger partial charge in [-0.2, -0.15) is 0 Å². The molecule has 0 bridgehead atoms. The second-order valence-electron chi connectivity index (χ2n) is 3.90. The largest absolute Gasteiger partial charge is 0.498 e. The fraction of sp³-hybridized carbons (Fsp3) is 0.385. The van der Waals surface area contributed by atoms with Gasteiger partial charge in [0.25, 0.3) is 0 Å². The molecule has 0 radical (unpaired) electrons. The molecule has 2 rings (SSSR count). The van der Waals surface area contributed by atoms with Crippen LogP contribution in [0, 0.1) is 0 Å². The predicted molar refractivity (Wildman–Crippen MR) is 73.0 cm³/mol. The molecule has 1 aliphatic heterocycles. The van der Waals surface area contributed by atoms with Crippen molar-refractivity contribution in [2.45, 2.75) is 13.3 Å². The Hall–Kier alpha value is -0.860. The van der Waals surface area contributed by atoms with E-state index in [-0.39, 0.29) is 0 Å². The molecule has 0 atom stereocenters. The second-order valence-corrected chi connectivity index (χ2v) is 4.74. The molecular formula is C13H15Cl2NO. The molecular weight excluding hydrogens is 257 g/mol. The molecule has 0 fully saturated rings. The van der Waals surface area contributed by atoms with Gasteiger partial charge in [0.1, 0.15) is 0 Å². The van der Waals surface area contributed by atoms with Gasteiger partial charge in [-0.1, -0.05) is 23.2 Å². The molecule has 0 N–H and O–H groups in total. The Bertz CT molecular complexity index is 431. The summed E-state index contributed by atoms with van der Waals surface area (Å²) in [6.45, 7) is 4.49. The molecule has 4 heteroatoms. The molecule has 0 spiro atoms. The zero-order valence-electron chi connectivity index (χ0n) is 9.75. The van der Waals surface area contributed by atoms with Gasteiger partial charge in [-0.05, 0) is 31.2 Å². The lowest BCUT2D eigenvalue weighted by Gasteiger charge is -2.29. The third kappa shape index (κ3) is 3.08. The van der Waals surface area contributed by atoms with Crippen LogP contribution in [-0.4, -0.2) is 19.7 Å². The summed E-state index contributed by atoms with van der Waals surface area (Å²) in [7, 11) is 0. The first kappa shape index (κ1) is 12.6. The van der Waals surface area contributed by atoms with E-state index in [1.165, 1.54) is 0 Å². The van der Waals surface area contributed by atoms with E-state index in [0.717, 1.165) is 37.6 Å². The van der Waals surface area contributed by atoms with Gasteiger partial charge in [0.05, 0.1) is 23.1 Å². The second kappa shape index (κ2) is 5.65. The third-order valence-electron chi connectivity index (χ3n) is 2.75. The van der Waals surface area contributed by atoms with Gasteiger partial charge in [-0.3, -0.25) is 0 Å². The summed E-state index contributed by atoms with van der Waals surface area (Å²) >= 11 is 12.1. The van der Waals surface area contributed by atoms with Crippen molar-refractivity contribution < 1.29 is 4.74 Å². The number of nitrogens with zero attached hydrogens (tertiary/aromatic N) is 1. The fourth-order valence-corrected chi connectivity index (χ4v) is 2.45. The van der Waals surface area contributed by atoms with Crippen molar-refractivity contribution in [2.75, 3.05) is 24.6 Å². The first-order valence-electron chi connectivity index (χ1n) is 5.72. The number of benzene rings is 1. The van der Waals surface area contributed by atoms with E-state index in [4.69, 9.17) is 27.9 Å². The Morgan fingerprint density at radius 3 is 2.76 bits per heavy atom. The first-order chi connectivity index (χ1) is 8.20. The van der Waals surface area contributed by atoms with E-state index in [9.17, 15) is 0 Å². The Morgan fingerprint density at radius 2 is 2.18 bits per heavy atom. The molecule has 1 aliphatic rings. The highest BCUT2D eigenvalue weighted by Gasteiger charge is 2.15. The minimum absolute atomic E-state index is 0.668. The first-order valence-corrected chi connectivity index (χ1v) is 6.48. The van der Waals surface area contributed by atoms with Gasteiger partial charge >= 0.3 is 0 Å². The molecule has 2 nitrogen and oxygen atoms in total. The number of anilines is 1. The molecule has 1 heterocycles. The van der Waals surface area contributed by atoms with Gasteiger partial charge in [0.2, 0.25) is 0 Å². The minimum Gasteiger partial charge on any atom is -0.498 e. The van der Waals surface area contributed by atoms with E-state index in [1.54, 1.807) is 6.07 Å². The van der Waals surface area contributed by atoms with Crippen molar-refractivity contribution >= 4 is 28.9 Å². The van der Waals surface area contributed by atoms with E-state index in [0.29, 0.717) is 10.0 Å². The number of halogens is 2. The lowest BCUT2D eigenvalue weighted by molar-refractivity contribution is 0.215. The number of rotatable bonds is 3. The molecule has 0 aromatic heterocycles. The van der Waals surface area contributed by atoms with Gasteiger partial charge in [0, 0.05) is 24.5 Å². The summed E-state index contributed by atoms with van der Waals surface area (Å²) < 4.78 is 5.50. The monoisotopic (exact) mass is 271 g/mol. The van der Waals surface area contributed by atoms with Crippen molar-refractivity contribution in [3.05, 3.63) is 40.1 Å². The van der Waals surface area contributed by atoms with Crippen LogP contribution in [0.4, 0.5) is 5.69 Å². The molecule has 0 saturated heterocycles. The minimum atomic E-state index is 0.668. The number of hydrogen-bond acceptors (Lipinski definition) is 2. The lowest BCUT2D eigenvalue weighted by atomic mass is 10.2. The maximum atomic E-state index is 6.18. The molecule has 1 aromatic rings. The maximum absolute atomic E-state index is 6.18. The van der Waals surface area contributed by atoms with Crippen molar-refractivity contribution in [1.82, 2.24) is 0 Å². The lowest BCUT2D eigenvalue weighted by Crippen LogP contribution is -2.29. The normalized spacial score (nSPS) is 15.7. The van der Waals surface area contributed by atoms with Crippen LogP contribution >= 0.6 is 23.2 Å². The van der Waals surface area contributed by atoms with Crippen molar-refractivity contribution in [2.24, 2.45) is 0 Å². The summed E-state index contributed by atoms with van der Waals surface area (Å²) in [4.78, 5) is 2.22. The fourth-order valence-electron chi connectivity index (χ4n) is 1.92. The smallest absolute Gasteiger partial charge is 0.0955 e. The highest BCUT2D eigenvalue weighted by molar-refractivity contribution is 6.36. The molecule has 0 amide bonds. The Labute approximate surface area is 112 Å². The Kier molecular flexibility index (Phi) is 4.19. The summed E-state index contributed by atoms with van der Waals surface area (Å²) in [5.74, 6) is 1.08. The summed E-state index contributed by atoms with van der Waals surface area (Å²) in [5.41, 5.74) is 1.03. The summed E-state index contributed by atoms with van der Waals surface area (Å²) in [6.07, 6.45) is 3.03. The van der Waals surface area contributed by atoms with Crippen LogP contribution in [0.15, 0.2) is 30.0 Å². The summed E-state index contributed by atoms with van der Waals surface area (Å²) in [6, 6.07) is 5.61. The SMILES string of the molecule is CCOC1=CCN(c2ccc(Cl)cc2Cl)CC1. The average molecular weight is 272 g/mol. The average Bonchev–Trinajstić information content (AvgIpc) is 2.31. The number of ether oxygens (including phenoxy) is 1.